The van der Waals surface area contributed by atoms with Gasteiger partial charge in [-0.15, -0.1) is 11.3 Å². The zero-order valence-electron chi connectivity index (χ0n) is 8.64. The predicted octanol–water partition coefficient (Wildman–Crippen LogP) is 5.83. The Bertz CT molecular complexity index is 615. The maximum atomic E-state index is 11.9. The molecule has 1 N–H and O–H groups in total. The van der Waals surface area contributed by atoms with Gasteiger partial charge >= 0.3 is 0 Å². The highest BCUT2D eigenvalue weighted by atomic mass is 79.9. The second kappa shape index (κ2) is 5.92. The van der Waals surface area contributed by atoms with Gasteiger partial charge in [0, 0.05) is 4.47 Å². The number of carbonyl (C=O) groups excluding carboxylic acids is 1. The minimum Gasteiger partial charge on any atom is -0.320 e. The van der Waals surface area contributed by atoms with Crippen molar-refractivity contribution in [2.45, 2.75) is 0 Å². The number of hydrogen-bond donors (Lipinski definition) is 1. The average molecular weight is 430 g/mol. The Morgan fingerprint density at radius 3 is 2.44 bits per heavy atom. The van der Waals surface area contributed by atoms with Gasteiger partial charge < -0.3 is 5.32 Å². The van der Waals surface area contributed by atoms with E-state index in [0.717, 1.165) is 3.79 Å². The zero-order chi connectivity index (χ0) is 13.3. The van der Waals surface area contributed by atoms with Gasteiger partial charge in [-0.2, -0.15) is 0 Å². The molecule has 0 unspecified atom stereocenters. The highest BCUT2D eigenvalue weighted by molar-refractivity contribution is 9.11. The van der Waals surface area contributed by atoms with Crippen molar-refractivity contribution in [3.8, 4) is 0 Å². The van der Waals surface area contributed by atoms with Crippen LogP contribution in [0.25, 0.3) is 0 Å². The van der Waals surface area contributed by atoms with E-state index >= 15 is 0 Å². The van der Waals surface area contributed by atoms with Gasteiger partial charge in [-0.05, 0) is 56.1 Å². The predicted molar refractivity (Wildman–Crippen MR) is 84.1 cm³/mol. The number of hydrogen-bond acceptors (Lipinski definition) is 2. The maximum Gasteiger partial charge on any atom is 0.265 e. The van der Waals surface area contributed by atoms with Crippen LogP contribution in [0.4, 0.5) is 5.69 Å². The number of thiophene rings is 1. The van der Waals surface area contributed by atoms with Crippen molar-refractivity contribution in [1.29, 1.82) is 0 Å². The molecule has 94 valence electrons. The molecule has 1 aromatic carbocycles. The molecule has 18 heavy (non-hydrogen) atoms. The van der Waals surface area contributed by atoms with Crippen LogP contribution in [0.5, 0.6) is 0 Å². The van der Waals surface area contributed by atoms with Gasteiger partial charge in [0.25, 0.3) is 5.91 Å². The Morgan fingerprint density at radius 1 is 1.11 bits per heavy atom. The molecule has 0 fully saturated rings. The molecule has 7 heteroatoms. The largest absolute Gasteiger partial charge is 0.320 e. The standard InChI is InChI=1S/C11H5Br2Cl2NOS/c12-5-1-2-6(10(15)9(5)14)16-11(17)7-3-4-8(13)18-7/h1-4H,(H,16,17). The molecule has 1 aromatic heterocycles. The third-order valence-corrected chi connectivity index (χ3v) is 5.47. The van der Waals surface area contributed by atoms with Gasteiger partial charge in [-0.25, -0.2) is 0 Å². The van der Waals surface area contributed by atoms with Crippen molar-refractivity contribution in [1.82, 2.24) is 0 Å². The second-order valence-corrected chi connectivity index (χ2v) is 7.35. The van der Waals surface area contributed by atoms with Gasteiger partial charge in [0.05, 0.1) is 24.4 Å². The third kappa shape index (κ3) is 3.08. The number of nitrogens with one attached hydrogen (secondary N) is 1. The molecule has 1 amide bonds. The summed E-state index contributed by atoms with van der Waals surface area (Å²) in [7, 11) is 0. The zero-order valence-corrected chi connectivity index (χ0v) is 14.1. The summed E-state index contributed by atoms with van der Waals surface area (Å²) in [6.45, 7) is 0. The van der Waals surface area contributed by atoms with Crippen LogP contribution in [-0.4, -0.2) is 5.91 Å². The fourth-order valence-corrected chi connectivity index (χ4v) is 3.35. The number of anilines is 1. The minimum absolute atomic E-state index is 0.217. The minimum atomic E-state index is -0.217. The van der Waals surface area contributed by atoms with Gasteiger partial charge in [0.15, 0.2) is 0 Å². The SMILES string of the molecule is O=C(Nc1ccc(Br)c(Cl)c1Cl)c1ccc(Br)s1. The molecule has 2 nitrogen and oxygen atoms in total. The first kappa shape index (κ1) is 14.3. The van der Waals surface area contributed by atoms with E-state index in [0.29, 0.717) is 25.1 Å². The monoisotopic (exact) mass is 427 g/mol. The van der Waals surface area contributed by atoms with E-state index in [4.69, 9.17) is 23.2 Å². The number of rotatable bonds is 2. The van der Waals surface area contributed by atoms with Crippen molar-refractivity contribution in [3.05, 3.63) is 47.4 Å². The Hall–Kier alpha value is -0.0700. The molecule has 0 aliphatic heterocycles. The summed E-state index contributed by atoms with van der Waals surface area (Å²) >= 11 is 19.9. The lowest BCUT2D eigenvalue weighted by Crippen LogP contribution is -2.10. The van der Waals surface area contributed by atoms with Crippen molar-refractivity contribution in [2.24, 2.45) is 0 Å². The van der Waals surface area contributed by atoms with E-state index in [-0.39, 0.29) is 5.91 Å². The molecule has 0 aliphatic rings. The van der Waals surface area contributed by atoms with Crippen molar-refractivity contribution < 1.29 is 4.79 Å². The molecule has 2 aromatic rings. The van der Waals surface area contributed by atoms with Crippen molar-refractivity contribution in [3.63, 3.8) is 0 Å². The molecular formula is C11H5Br2Cl2NOS. The van der Waals surface area contributed by atoms with Gasteiger partial charge in [-0.1, -0.05) is 23.2 Å². The molecule has 0 atom stereocenters. The molecule has 0 saturated heterocycles. The van der Waals surface area contributed by atoms with Crippen LogP contribution in [0.1, 0.15) is 9.67 Å². The summed E-state index contributed by atoms with van der Waals surface area (Å²) in [6.07, 6.45) is 0. The number of halogens is 4. The number of amides is 1. The van der Waals surface area contributed by atoms with E-state index in [2.05, 4.69) is 37.2 Å². The van der Waals surface area contributed by atoms with Crippen LogP contribution in [0, 0.1) is 0 Å². The molecule has 0 bridgehead atoms. The topological polar surface area (TPSA) is 29.1 Å². The number of benzene rings is 1. The summed E-state index contributed by atoms with van der Waals surface area (Å²) in [5.74, 6) is -0.217. The van der Waals surface area contributed by atoms with Gasteiger partial charge in [0.2, 0.25) is 0 Å². The fourth-order valence-electron chi connectivity index (χ4n) is 1.24. The van der Waals surface area contributed by atoms with Gasteiger partial charge in [-0.3, -0.25) is 4.79 Å². The van der Waals surface area contributed by atoms with Crippen LogP contribution in [-0.2, 0) is 0 Å². The average Bonchev–Trinajstić information content (AvgIpc) is 2.77. The molecule has 0 aliphatic carbocycles. The van der Waals surface area contributed by atoms with E-state index in [9.17, 15) is 4.79 Å². The molecule has 1 heterocycles. The molecular weight excluding hydrogens is 425 g/mol. The second-order valence-electron chi connectivity index (χ2n) is 3.28. The van der Waals surface area contributed by atoms with E-state index in [1.807, 2.05) is 6.07 Å². The van der Waals surface area contributed by atoms with Crippen LogP contribution < -0.4 is 5.32 Å². The van der Waals surface area contributed by atoms with Crippen molar-refractivity contribution >= 4 is 78.0 Å². The van der Waals surface area contributed by atoms with E-state index in [1.54, 1.807) is 18.2 Å². The summed E-state index contributed by atoms with van der Waals surface area (Å²) in [6, 6.07) is 6.97. The third-order valence-electron chi connectivity index (χ3n) is 2.08. The Balaban J connectivity index is 2.25. The quantitative estimate of drug-likeness (QED) is 0.597. The van der Waals surface area contributed by atoms with E-state index < -0.39 is 0 Å². The smallest absolute Gasteiger partial charge is 0.265 e. The first-order chi connectivity index (χ1) is 8.49. The van der Waals surface area contributed by atoms with Crippen LogP contribution in [0.15, 0.2) is 32.5 Å². The molecule has 0 saturated carbocycles. The highest BCUT2D eigenvalue weighted by Crippen LogP contribution is 2.36. The Labute approximate surface area is 135 Å². The Kier molecular flexibility index (Phi) is 4.72. The lowest BCUT2D eigenvalue weighted by atomic mass is 10.3. The summed E-state index contributed by atoms with van der Waals surface area (Å²) in [5.41, 5.74) is 0.486. The van der Waals surface area contributed by atoms with Crippen molar-refractivity contribution in [2.75, 3.05) is 5.32 Å². The first-order valence-electron chi connectivity index (χ1n) is 4.69. The number of carbonyl (C=O) groups is 1. The van der Waals surface area contributed by atoms with Crippen LogP contribution in [0.2, 0.25) is 10.0 Å². The van der Waals surface area contributed by atoms with Crippen LogP contribution >= 0.6 is 66.4 Å². The normalized spacial score (nSPS) is 10.4. The Morgan fingerprint density at radius 2 is 1.83 bits per heavy atom. The molecule has 0 spiro atoms. The lowest BCUT2D eigenvalue weighted by molar-refractivity contribution is 0.103. The highest BCUT2D eigenvalue weighted by Gasteiger charge is 2.13. The first-order valence-corrected chi connectivity index (χ1v) is 7.85. The molecule has 2 rings (SSSR count). The lowest BCUT2D eigenvalue weighted by Gasteiger charge is -2.08. The van der Waals surface area contributed by atoms with E-state index in [1.165, 1.54) is 11.3 Å². The maximum absolute atomic E-state index is 11.9. The summed E-state index contributed by atoms with van der Waals surface area (Å²) in [5, 5.41) is 3.41. The summed E-state index contributed by atoms with van der Waals surface area (Å²) in [4.78, 5) is 12.5. The van der Waals surface area contributed by atoms with Gasteiger partial charge in [0.1, 0.15) is 0 Å². The fraction of sp³-hybridized carbons (Fsp3) is 0. The molecule has 0 radical (unpaired) electrons. The van der Waals surface area contributed by atoms with Crippen LogP contribution in [0.3, 0.4) is 0 Å². The summed E-state index contributed by atoms with van der Waals surface area (Å²) < 4.78 is 1.58.